The highest BCUT2D eigenvalue weighted by molar-refractivity contribution is 7.87. The molecule has 1 aromatic carbocycles. The first kappa shape index (κ1) is 18.2. The standard InChI is InChI=1S/C7H5ClN2O6S2.BrH/c1-3-4(10-9)2-5(17(11,12)13)6(8)7(3)18(14,15)16;/h2H,1H3,(H-,11,12,13,14,15,16);1H. The van der Waals surface area contributed by atoms with Crippen molar-refractivity contribution in [2.45, 2.75) is 16.7 Å². The van der Waals surface area contributed by atoms with Gasteiger partial charge in [0.05, 0.1) is 16.7 Å². The highest BCUT2D eigenvalue weighted by Gasteiger charge is 2.32. The van der Waals surface area contributed by atoms with E-state index in [0.29, 0.717) is 6.07 Å². The number of hydrogen-bond acceptors (Lipinski definition) is 5. The predicted octanol–water partition coefficient (Wildman–Crippen LogP) is -1.37. The van der Waals surface area contributed by atoms with Crippen molar-refractivity contribution < 1.29 is 42.9 Å². The van der Waals surface area contributed by atoms with Crippen LogP contribution in [0.5, 0.6) is 0 Å². The largest absolute Gasteiger partial charge is 1.00 e. The minimum absolute atomic E-state index is 0. The molecule has 12 heteroatoms. The van der Waals surface area contributed by atoms with Gasteiger partial charge in [0.25, 0.3) is 20.2 Å². The molecule has 1 rings (SSSR count). The van der Waals surface area contributed by atoms with Crippen LogP contribution in [0.1, 0.15) is 5.56 Å². The molecular weight excluding hydrogens is 388 g/mol. The number of benzene rings is 1. The maximum absolute atomic E-state index is 11.1. The molecule has 0 saturated carbocycles. The van der Waals surface area contributed by atoms with E-state index in [1.807, 2.05) is 0 Å². The second-order valence-electron chi connectivity index (χ2n) is 3.21. The summed E-state index contributed by atoms with van der Waals surface area (Å²) >= 11 is 5.51. The number of rotatable bonds is 2. The lowest BCUT2D eigenvalue weighted by Gasteiger charge is -2.06. The Balaban J connectivity index is 0.00000324. The van der Waals surface area contributed by atoms with E-state index in [4.69, 9.17) is 26.1 Å². The van der Waals surface area contributed by atoms with Gasteiger partial charge in [-0.3, -0.25) is 9.11 Å². The molecule has 1 aromatic rings. The second-order valence-corrected chi connectivity index (χ2v) is 6.34. The van der Waals surface area contributed by atoms with Gasteiger partial charge in [-0.15, -0.1) is 0 Å². The van der Waals surface area contributed by atoms with Crippen molar-refractivity contribution in [3.8, 4) is 0 Å². The van der Waals surface area contributed by atoms with Crippen LogP contribution in [-0.2, 0) is 20.2 Å². The van der Waals surface area contributed by atoms with Gasteiger partial charge in [-0.1, -0.05) is 11.6 Å². The zero-order chi connectivity index (χ0) is 14.3. The Bertz CT molecular complexity index is 768. The summed E-state index contributed by atoms with van der Waals surface area (Å²) in [6.07, 6.45) is 0. The molecule has 0 aliphatic heterocycles. The van der Waals surface area contributed by atoms with E-state index >= 15 is 0 Å². The Morgan fingerprint density at radius 3 is 2.00 bits per heavy atom. The lowest BCUT2D eigenvalue weighted by atomic mass is 10.2. The van der Waals surface area contributed by atoms with E-state index in [-0.39, 0.29) is 22.5 Å². The zero-order valence-electron chi connectivity index (χ0n) is 9.07. The van der Waals surface area contributed by atoms with Crippen LogP contribution in [0.3, 0.4) is 0 Å². The van der Waals surface area contributed by atoms with E-state index in [2.05, 4.69) is 4.98 Å². The van der Waals surface area contributed by atoms with Gasteiger partial charge < -0.3 is 17.0 Å². The van der Waals surface area contributed by atoms with Crippen LogP contribution in [0.2, 0.25) is 5.02 Å². The minimum atomic E-state index is -4.86. The third kappa shape index (κ3) is 3.62. The van der Waals surface area contributed by atoms with E-state index in [9.17, 15) is 16.8 Å². The van der Waals surface area contributed by atoms with E-state index in [0.717, 1.165) is 6.92 Å². The van der Waals surface area contributed by atoms with Gasteiger partial charge in [0.2, 0.25) is 5.39 Å². The lowest BCUT2D eigenvalue weighted by Crippen LogP contribution is -3.00. The van der Waals surface area contributed by atoms with Crippen LogP contribution in [0.25, 0.3) is 4.98 Å². The first-order chi connectivity index (χ1) is 8.00. The summed E-state index contributed by atoms with van der Waals surface area (Å²) in [5.41, 5.74) is -0.739. The molecular formula is C7H6BrClN2O6S2. The molecule has 0 atom stereocenters. The fraction of sp³-hybridized carbons (Fsp3) is 0.143. The van der Waals surface area contributed by atoms with E-state index in [1.54, 1.807) is 0 Å². The Kier molecular flexibility index (Phi) is 5.46. The molecule has 0 heterocycles. The summed E-state index contributed by atoms with van der Waals surface area (Å²) in [6.45, 7) is 1.14. The Morgan fingerprint density at radius 2 is 1.68 bits per heavy atom. The molecule has 2 N–H and O–H groups in total. The molecule has 0 radical (unpaired) electrons. The van der Waals surface area contributed by atoms with Crippen molar-refractivity contribution in [3.63, 3.8) is 0 Å². The van der Waals surface area contributed by atoms with Gasteiger partial charge >= 0.3 is 5.69 Å². The fourth-order valence-electron chi connectivity index (χ4n) is 1.29. The van der Waals surface area contributed by atoms with Crippen molar-refractivity contribution in [1.82, 2.24) is 0 Å². The van der Waals surface area contributed by atoms with Crippen LogP contribution >= 0.6 is 11.6 Å². The van der Waals surface area contributed by atoms with Crippen molar-refractivity contribution in [2.24, 2.45) is 0 Å². The molecule has 0 aromatic heterocycles. The number of nitrogens with zero attached hydrogens (tertiary/aromatic N) is 2. The van der Waals surface area contributed by atoms with Crippen molar-refractivity contribution in [3.05, 3.63) is 21.6 Å². The first-order valence-electron chi connectivity index (χ1n) is 4.13. The quantitative estimate of drug-likeness (QED) is 0.467. The average Bonchev–Trinajstić information content (AvgIpc) is 2.13. The molecule has 106 valence electrons. The summed E-state index contributed by atoms with van der Waals surface area (Å²) in [5.74, 6) is 0. The average molecular weight is 394 g/mol. The molecule has 0 spiro atoms. The van der Waals surface area contributed by atoms with Gasteiger partial charge in [0.1, 0.15) is 9.79 Å². The SMILES string of the molecule is Cc1c([N+]#N)cc(S(=O)(=O)O)c(Cl)c1S(=O)(=O)O.[Br-]. The van der Waals surface area contributed by atoms with Gasteiger partial charge in [0.15, 0.2) is 4.98 Å². The number of halogens is 2. The summed E-state index contributed by atoms with van der Waals surface area (Å²) in [5, 5.41) is 7.73. The number of diazo groups is 1. The van der Waals surface area contributed by atoms with E-state index in [1.165, 1.54) is 0 Å². The van der Waals surface area contributed by atoms with Gasteiger partial charge in [-0.05, 0) is 6.92 Å². The molecule has 19 heavy (non-hydrogen) atoms. The molecule has 0 fully saturated rings. The Hall–Kier alpha value is -0.770. The zero-order valence-corrected chi connectivity index (χ0v) is 13.0. The minimum Gasteiger partial charge on any atom is -1.00 e. The molecule has 0 aliphatic carbocycles. The molecule has 0 aliphatic rings. The molecule has 0 amide bonds. The van der Waals surface area contributed by atoms with Crippen LogP contribution in [0.15, 0.2) is 15.9 Å². The normalized spacial score (nSPS) is 11.5. The smallest absolute Gasteiger partial charge is 0.390 e. The maximum Gasteiger partial charge on any atom is 0.390 e. The van der Waals surface area contributed by atoms with Gasteiger partial charge in [0, 0.05) is 0 Å². The van der Waals surface area contributed by atoms with Crippen LogP contribution in [-0.4, -0.2) is 25.9 Å². The third-order valence-corrected chi connectivity index (χ3v) is 4.57. The highest BCUT2D eigenvalue weighted by Crippen LogP contribution is 2.37. The third-order valence-electron chi connectivity index (χ3n) is 2.05. The van der Waals surface area contributed by atoms with Crippen molar-refractivity contribution >= 4 is 37.5 Å². The van der Waals surface area contributed by atoms with Gasteiger partial charge in [-0.25, -0.2) is 0 Å². The van der Waals surface area contributed by atoms with Crippen molar-refractivity contribution in [1.29, 1.82) is 5.39 Å². The van der Waals surface area contributed by atoms with Crippen molar-refractivity contribution in [2.75, 3.05) is 0 Å². The predicted molar refractivity (Wildman–Crippen MR) is 60.6 cm³/mol. The van der Waals surface area contributed by atoms with E-state index < -0.39 is 40.7 Å². The van der Waals surface area contributed by atoms with Crippen LogP contribution < -0.4 is 17.0 Å². The highest BCUT2D eigenvalue weighted by atomic mass is 79.9. The summed E-state index contributed by atoms with van der Waals surface area (Å²) in [7, 11) is -9.70. The molecule has 8 nitrogen and oxygen atoms in total. The first-order valence-corrected chi connectivity index (χ1v) is 7.39. The Morgan fingerprint density at radius 1 is 1.21 bits per heavy atom. The fourth-order valence-corrected chi connectivity index (χ4v) is 3.55. The maximum atomic E-state index is 11.1. The Labute approximate surface area is 124 Å². The van der Waals surface area contributed by atoms with Crippen LogP contribution in [0, 0.1) is 12.3 Å². The second kappa shape index (κ2) is 5.70. The molecule has 0 unspecified atom stereocenters. The number of hydrogen-bond donors (Lipinski definition) is 2. The molecule has 0 bridgehead atoms. The monoisotopic (exact) mass is 392 g/mol. The summed E-state index contributed by atoms with van der Waals surface area (Å²) in [4.78, 5) is 0.707. The molecule has 0 saturated heterocycles. The topological polar surface area (TPSA) is 137 Å². The summed E-state index contributed by atoms with van der Waals surface area (Å²) < 4.78 is 62.0. The van der Waals surface area contributed by atoms with Gasteiger partial charge in [-0.2, -0.15) is 16.8 Å². The lowest BCUT2D eigenvalue weighted by molar-refractivity contribution is -0.0000123. The van der Waals surface area contributed by atoms with Crippen LogP contribution in [0.4, 0.5) is 5.69 Å². The summed E-state index contributed by atoms with van der Waals surface area (Å²) in [6, 6.07) is 0.668.